The molecule has 1 aromatic rings. The van der Waals surface area contributed by atoms with Crippen molar-refractivity contribution in [2.75, 3.05) is 29.7 Å². The Kier molecular flexibility index (Phi) is 6.48. The Hall–Kier alpha value is -1.44. The van der Waals surface area contributed by atoms with Crippen LogP contribution in [0.15, 0.2) is 0 Å². The van der Waals surface area contributed by atoms with E-state index in [2.05, 4.69) is 20.3 Å². The highest BCUT2D eigenvalue weighted by atomic mass is 32.2. The largest absolute Gasteiger partial charge is 0.463 e. The first-order valence-electron chi connectivity index (χ1n) is 6.22. The van der Waals surface area contributed by atoms with Crippen molar-refractivity contribution in [1.82, 2.24) is 15.0 Å². The van der Waals surface area contributed by atoms with Gasteiger partial charge in [-0.05, 0) is 19.8 Å². The summed E-state index contributed by atoms with van der Waals surface area (Å²) in [5.41, 5.74) is 5.60. The highest BCUT2D eigenvalue weighted by Crippen LogP contribution is 2.11. The molecule has 0 amide bonds. The number of nitrogens with zero attached hydrogens (tertiary/aromatic N) is 3. The molecule has 8 heteroatoms. The van der Waals surface area contributed by atoms with Crippen LogP contribution in [0, 0.1) is 0 Å². The standard InChI is InChI=1S/C11H21N5O2S/c1-4-6-18-11-15-9(12)14-10(16-11)13-8(2)5-7-19(3)17/h8H,4-7H2,1-3H3,(H3,12,13,14,15,16). The second kappa shape index (κ2) is 7.88. The van der Waals surface area contributed by atoms with Gasteiger partial charge in [0.1, 0.15) is 0 Å². The van der Waals surface area contributed by atoms with Gasteiger partial charge in [-0.25, -0.2) is 0 Å². The molecule has 2 unspecified atom stereocenters. The molecule has 0 radical (unpaired) electrons. The van der Waals surface area contributed by atoms with E-state index in [0.717, 1.165) is 12.8 Å². The summed E-state index contributed by atoms with van der Waals surface area (Å²) in [7, 11) is -0.800. The number of aromatic nitrogens is 3. The van der Waals surface area contributed by atoms with Crippen molar-refractivity contribution in [1.29, 1.82) is 0 Å². The molecule has 0 aliphatic rings. The summed E-state index contributed by atoms with van der Waals surface area (Å²) in [6.07, 6.45) is 3.32. The molecule has 0 saturated carbocycles. The molecule has 0 spiro atoms. The van der Waals surface area contributed by atoms with Gasteiger partial charge in [0.05, 0.1) is 6.61 Å². The van der Waals surface area contributed by atoms with E-state index in [1.54, 1.807) is 6.26 Å². The molecular formula is C11H21N5O2S. The predicted octanol–water partition coefficient (Wildman–Crippen LogP) is 0.812. The highest BCUT2D eigenvalue weighted by molar-refractivity contribution is 7.84. The molecule has 3 N–H and O–H groups in total. The van der Waals surface area contributed by atoms with E-state index in [1.807, 2.05) is 13.8 Å². The Morgan fingerprint density at radius 1 is 1.42 bits per heavy atom. The number of anilines is 2. The van der Waals surface area contributed by atoms with Gasteiger partial charge in [-0.2, -0.15) is 15.0 Å². The molecule has 0 aromatic carbocycles. The summed E-state index contributed by atoms with van der Waals surface area (Å²) < 4.78 is 16.4. The van der Waals surface area contributed by atoms with Gasteiger partial charge >= 0.3 is 6.01 Å². The quantitative estimate of drug-likeness (QED) is 0.729. The SMILES string of the molecule is CCCOc1nc(N)nc(NC(C)CCS(C)=O)n1. The molecule has 0 fully saturated rings. The fraction of sp³-hybridized carbons (Fsp3) is 0.727. The van der Waals surface area contributed by atoms with Gasteiger partial charge in [0.15, 0.2) is 0 Å². The van der Waals surface area contributed by atoms with Crippen molar-refractivity contribution in [3.8, 4) is 6.01 Å². The van der Waals surface area contributed by atoms with Gasteiger partial charge in [0, 0.05) is 28.9 Å². The van der Waals surface area contributed by atoms with Crippen LogP contribution in [0.4, 0.5) is 11.9 Å². The number of rotatable bonds is 8. The minimum atomic E-state index is -0.800. The third-order valence-corrected chi connectivity index (χ3v) is 3.09. The van der Waals surface area contributed by atoms with Crippen molar-refractivity contribution in [3.05, 3.63) is 0 Å². The lowest BCUT2D eigenvalue weighted by Crippen LogP contribution is -2.20. The van der Waals surface area contributed by atoms with E-state index in [1.165, 1.54) is 0 Å². The van der Waals surface area contributed by atoms with Crippen LogP contribution in [0.3, 0.4) is 0 Å². The molecule has 108 valence electrons. The molecule has 0 aliphatic heterocycles. The van der Waals surface area contributed by atoms with Crippen molar-refractivity contribution in [3.63, 3.8) is 0 Å². The number of nitrogen functional groups attached to an aromatic ring is 1. The lowest BCUT2D eigenvalue weighted by Gasteiger charge is -2.13. The van der Waals surface area contributed by atoms with Crippen molar-refractivity contribution in [2.24, 2.45) is 0 Å². The number of hydrogen-bond donors (Lipinski definition) is 2. The maximum absolute atomic E-state index is 11.0. The molecule has 0 bridgehead atoms. The minimum absolute atomic E-state index is 0.102. The molecule has 2 atom stereocenters. The van der Waals surface area contributed by atoms with E-state index in [4.69, 9.17) is 10.5 Å². The third-order valence-electron chi connectivity index (χ3n) is 2.28. The Balaban J connectivity index is 2.61. The summed E-state index contributed by atoms with van der Waals surface area (Å²) in [4.78, 5) is 12.0. The van der Waals surface area contributed by atoms with Crippen LogP contribution in [0.1, 0.15) is 26.7 Å². The van der Waals surface area contributed by atoms with Crippen LogP contribution < -0.4 is 15.8 Å². The first-order valence-corrected chi connectivity index (χ1v) is 7.95. The molecule has 1 rings (SSSR count). The smallest absolute Gasteiger partial charge is 0.323 e. The summed E-state index contributed by atoms with van der Waals surface area (Å²) in [5.74, 6) is 1.14. The average molecular weight is 287 g/mol. The Labute approximate surface area is 115 Å². The fourth-order valence-corrected chi connectivity index (χ4v) is 2.02. The van der Waals surface area contributed by atoms with Gasteiger partial charge in [-0.15, -0.1) is 0 Å². The van der Waals surface area contributed by atoms with Crippen LogP contribution in [-0.2, 0) is 10.8 Å². The van der Waals surface area contributed by atoms with Gasteiger partial charge in [0.25, 0.3) is 0 Å². The van der Waals surface area contributed by atoms with Crippen molar-refractivity contribution in [2.45, 2.75) is 32.7 Å². The number of nitrogens with two attached hydrogens (primary N) is 1. The Morgan fingerprint density at radius 2 is 2.16 bits per heavy atom. The van der Waals surface area contributed by atoms with Gasteiger partial charge in [0.2, 0.25) is 11.9 Å². The summed E-state index contributed by atoms with van der Waals surface area (Å²) in [5, 5.41) is 3.10. The average Bonchev–Trinajstić information content (AvgIpc) is 2.33. The monoisotopic (exact) mass is 287 g/mol. The Bertz CT molecular complexity index is 430. The molecule has 0 aliphatic carbocycles. The fourth-order valence-electron chi connectivity index (χ4n) is 1.33. The topological polar surface area (TPSA) is 103 Å². The predicted molar refractivity (Wildman–Crippen MR) is 76.7 cm³/mol. The van der Waals surface area contributed by atoms with E-state index in [0.29, 0.717) is 18.3 Å². The molecule has 1 heterocycles. The van der Waals surface area contributed by atoms with Crippen LogP contribution in [0.2, 0.25) is 0 Å². The summed E-state index contributed by atoms with van der Waals surface area (Å²) >= 11 is 0. The zero-order valence-electron chi connectivity index (χ0n) is 11.5. The van der Waals surface area contributed by atoms with E-state index in [9.17, 15) is 4.21 Å². The normalized spacial score (nSPS) is 13.8. The number of nitrogens with one attached hydrogen (secondary N) is 1. The first kappa shape index (κ1) is 15.6. The third kappa shape index (κ3) is 6.32. The van der Waals surface area contributed by atoms with E-state index >= 15 is 0 Å². The van der Waals surface area contributed by atoms with Crippen LogP contribution in [0.5, 0.6) is 6.01 Å². The van der Waals surface area contributed by atoms with Crippen LogP contribution in [-0.4, -0.2) is 43.8 Å². The zero-order chi connectivity index (χ0) is 14.3. The summed E-state index contributed by atoms with van der Waals surface area (Å²) in [6, 6.07) is 0.327. The second-order valence-electron chi connectivity index (χ2n) is 4.26. The lowest BCUT2D eigenvalue weighted by atomic mass is 10.3. The van der Waals surface area contributed by atoms with E-state index in [-0.39, 0.29) is 18.0 Å². The molecule has 19 heavy (non-hydrogen) atoms. The Morgan fingerprint density at radius 3 is 2.79 bits per heavy atom. The number of hydrogen-bond acceptors (Lipinski definition) is 7. The van der Waals surface area contributed by atoms with Crippen LogP contribution in [0.25, 0.3) is 0 Å². The molecule has 0 saturated heterocycles. The van der Waals surface area contributed by atoms with Crippen molar-refractivity contribution >= 4 is 22.7 Å². The molecule has 7 nitrogen and oxygen atoms in total. The zero-order valence-corrected chi connectivity index (χ0v) is 12.4. The maximum Gasteiger partial charge on any atom is 0.323 e. The highest BCUT2D eigenvalue weighted by Gasteiger charge is 2.09. The lowest BCUT2D eigenvalue weighted by molar-refractivity contribution is 0.292. The van der Waals surface area contributed by atoms with Gasteiger partial charge < -0.3 is 15.8 Å². The molecule has 1 aromatic heterocycles. The van der Waals surface area contributed by atoms with E-state index < -0.39 is 10.8 Å². The van der Waals surface area contributed by atoms with Gasteiger partial charge in [-0.3, -0.25) is 4.21 Å². The molecular weight excluding hydrogens is 266 g/mol. The first-order chi connectivity index (χ1) is 9.01. The number of ether oxygens (including phenoxy) is 1. The van der Waals surface area contributed by atoms with Crippen LogP contribution >= 0.6 is 0 Å². The van der Waals surface area contributed by atoms with Gasteiger partial charge in [-0.1, -0.05) is 6.92 Å². The second-order valence-corrected chi connectivity index (χ2v) is 5.81. The summed E-state index contributed by atoms with van der Waals surface area (Å²) in [6.45, 7) is 4.50. The van der Waals surface area contributed by atoms with Crippen molar-refractivity contribution < 1.29 is 8.95 Å². The minimum Gasteiger partial charge on any atom is -0.463 e. The maximum atomic E-state index is 11.0.